The summed E-state index contributed by atoms with van der Waals surface area (Å²) in [7, 11) is 0. The van der Waals surface area contributed by atoms with Crippen LogP contribution in [0.3, 0.4) is 0 Å². The summed E-state index contributed by atoms with van der Waals surface area (Å²) < 4.78 is 173. The molecule has 0 spiro atoms. The Morgan fingerprint density at radius 1 is 0.636 bits per heavy atom. The maximum absolute atomic E-state index is 14.9. The van der Waals surface area contributed by atoms with Crippen LogP contribution < -0.4 is 4.74 Å². The molecule has 0 bridgehead atoms. The predicted molar refractivity (Wildman–Crippen MR) is 137 cm³/mol. The molecule has 0 fully saturated rings. The van der Waals surface area contributed by atoms with Crippen molar-refractivity contribution in [2.24, 2.45) is 0 Å². The molecule has 232 valence electrons. The van der Waals surface area contributed by atoms with E-state index in [0.717, 1.165) is 6.07 Å². The van der Waals surface area contributed by atoms with Crippen LogP contribution in [0.5, 0.6) is 5.75 Å². The molecule has 4 rings (SSSR count). The smallest absolute Gasteiger partial charge is 0.429 e. The van der Waals surface area contributed by atoms with Gasteiger partial charge >= 0.3 is 12.3 Å². The van der Waals surface area contributed by atoms with Crippen LogP contribution in [0, 0.1) is 40.7 Å². The van der Waals surface area contributed by atoms with Crippen molar-refractivity contribution in [2.75, 3.05) is 0 Å². The lowest BCUT2D eigenvalue weighted by Crippen LogP contribution is -2.25. The van der Waals surface area contributed by atoms with Gasteiger partial charge in [0.15, 0.2) is 0 Å². The predicted octanol–water partition coefficient (Wildman–Crippen LogP) is 10.7. The summed E-state index contributed by atoms with van der Waals surface area (Å²) in [6.07, 6.45) is -8.98. The fraction of sp³-hybridized carbons (Fsp3) is 0.161. The van der Waals surface area contributed by atoms with Crippen LogP contribution >= 0.6 is 0 Å². The zero-order valence-electron chi connectivity index (χ0n) is 22.2. The molecule has 44 heavy (non-hydrogen) atoms. The van der Waals surface area contributed by atoms with Gasteiger partial charge < -0.3 is 4.74 Å². The lowest BCUT2D eigenvalue weighted by molar-refractivity contribution is -0.189. The molecule has 0 amide bonds. The maximum atomic E-state index is 14.9. The Morgan fingerprint density at radius 3 is 1.68 bits per heavy atom. The number of allylic oxidation sites excluding steroid dienone is 1. The van der Waals surface area contributed by atoms with Crippen molar-refractivity contribution in [3.05, 3.63) is 118 Å². The Hall–Kier alpha value is -4.42. The van der Waals surface area contributed by atoms with Gasteiger partial charge in [-0.3, -0.25) is 0 Å². The number of hydrogen-bond acceptors (Lipinski definition) is 1. The molecule has 0 heterocycles. The zero-order chi connectivity index (χ0) is 32.6. The van der Waals surface area contributed by atoms with Crippen LogP contribution in [0.2, 0.25) is 0 Å². The molecule has 0 aliphatic heterocycles. The fourth-order valence-electron chi connectivity index (χ4n) is 4.39. The molecule has 0 aliphatic carbocycles. The van der Waals surface area contributed by atoms with Crippen molar-refractivity contribution >= 4 is 6.08 Å². The number of alkyl halides is 5. The Morgan fingerprint density at radius 2 is 1.18 bits per heavy atom. The molecule has 1 nitrogen and oxygen atoms in total. The van der Waals surface area contributed by atoms with Gasteiger partial charge in [0.2, 0.25) is 0 Å². The van der Waals surface area contributed by atoms with Crippen LogP contribution in [-0.2, 0) is 12.5 Å². The normalized spacial score (nSPS) is 12.3. The minimum Gasteiger partial charge on any atom is -0.429 e. The molecule has 13 heteroatoms. The fourth-order valence-corrected chi connectivity index (χ4v) is 4.39. The van der Waals surface area contributed by atoms with E-state index in [9.17, 15) is 52.7 Å². The number of benzene rings is 4. The molecule has 0 saturated carbocycles. The summed E-state index contributed by atoms with van der Waals surface area (Å²) in [4.78, 5) is 0. The molecule has 0 aromatic heterocycles. The van der Waals surface area contributed by atoms with Crippen molar-refractivity contribution in [3.8, 4) is 28.0 Å². The van der Waals surface area contributed by atoms with Crippen molar-refractivity contribution in [2.45, 2.75) is 32.1 Å². The first kappa shape index (κ1) is 32.5. The summed E-state index contributed by atoms with van der Waals surface area (Å²) in [6.45, 7) is 1.85. The number of halogens is 12. The number of aryl methyl sites for hydroxylation is 1. The number of ether oxygens (including phenoxy) is 1. The standard InChI is InChI=1S/C31H18F12O/c1-2-3-15-4-5-19(21(32)8-15)16-9-26(37)29(27(38)10-16)31(42,43)44-18-13-24(35)28(25(36)14-18)17-11-22(33)20(23(34)12-17)6-7-30(39,40)41/h4-14H,2-3H2,1H3/b7-6+. The van der Waals surface area contributed by atoms with Crippen LogP contribution in [0.25, 0.3) is 28.3 Å². The van der Waals surface area contributed by atoms with Gasteiger partial charge in [0, 0.05) is 29.3 Å². The summed E-state index contributed by atoms with van der Waals surface area (Å²) in [5, 5.41) is 0. The topological polar surface area (TPSA) is 9.23 Å². The molecule has 0 aliphatic rings. The van der Waals surface area contributed by atoms with Crippen molar-refractivity contribution in [1.29, 1.82) is 0 Å². The van der Waals surface area contributed by atoms with Crippen molar-refractivity contribution in [1.82, 2.24) is 0 Å². The number of rotatable bonds is 8. The van der Waals surface area contributed by atoms with Crippen molar-refractivity contribution < 1.29 is 57.4 Å². The molecule has 0 saturated heterocycles. The zero-order valence-corrected chi connectivity index (χ0v) is 22.2. The quantitative estimate of drug-likeness (QED) is 0.175. The molecule has 0 radical (unpaired) electrons. The van der Waals surface area contributed by atoms with E-state index in [0.29, 0.717) is 42.7 Å². The Bertz CT molecular complexity index is 1670. The molecule has 0 N–H and O–H groups in total. The van der Waals surface area contributed by atoms with E-state index in [4.69, 9.17) is 0 Å². The van der Waals surface area contributed by atoms with Crippen molar-refractivity contribution in [3.63, 3.8) is 0 Å². The van der Waals surface area contributed by atoms with E-state index >= 15 is 0 Å². The largest absolute Gasteiger partial charge is 0.432 e. The second kappa shape index (κ2) is 12.3. The molecular formula is C31H18F12O. The summed E-state index contributed by atoms with van der Waals surface area (Å²) in [5.74, 6) is -12.6. The van der Waals surface area contributed by atoms with Crippen LogP contribution in [0.1, 0.15) is 30.0 Å². The van der Waals surface area contributed by atoms with Gasteiger partial charge in [0.25, 0.3) is 0 Å². The minimum absolute atomic E-state index is 0.0602. The van der Waals surface area contributed by atoms with E-state index in [1.165, 1.54) is 12.1 Å². The first-order chi connectivity index (χ1) is 20.5. The van der Waals surface area contributed by atoms with Gasteiger partial charge in [-0.1, -0.05) is 25.5 Å². The molecular weight excluding hydrogens is 616 g/mol. The Kier molecular flexibility index (Phi) is 9.08. The Labute approximate surface area is 242 Å². The molecule has 0 atom stereocenters. The average molecular weight is 634 g/mol. The highest BCUT2D eigenvalue weighted by Crippen LogP contribution is 2.39. The highest BCUT2D eigenvalue weighted by molar-refractivity contribution is 5.69. The summed E-state index contributed by atoms with van der Waals surface area (Å²) in [5.41, 5.74) is -5.24. The first-order valence-electron chi connectivity index (χ1n) is 12.6. The minimum atomic E-state index is -4.92. The van der Waals surface area contributed by atoms with Gasteiger partial charge in [0.05, 0.1) is 5.56 Å². The monoisotopic (exact) mass is 634 g/mol. The lowest BCUT2D eigenvalue weighted by atomic mass is 9.99. The third kappa shape index (κ3) is 7.03. The molecule has 0 unspecified atom stereocenters. The van der Waals surface area contributed by atoms with E-state index < -0.39 is 92.6 Å². The van der Waals surface area contributed by atoms with Gasteiger partial charge in [-0.05, 0) is 59.5 Å². The van der Waals surface area contributed by atoms with Crippen LogP contribution in [0.15, 0.2) is 60.7 Å². The van der Waals surface area contributed by atoms with Crippen LogP contribution in [0.4, 0.5) is 52.7 Å². The average Bonchev–Trinajstić information content (AvgIpc) is 2.86. The number of hydrogen-bond donors (Lipinski definition) is 0. The Balaban J connectivity index is 1.64. The highest BCUT2D eigenvalue weighted by Gasteiger charge is 2.41. The van der Waals surface area contributed by atoms with Gasteiger partial charge in [-0.25, -0.2) is 30.7 Å². The molecule has 4 aromatic rings. The van der Waals surface area contributed by atoms with Gasteiger partial charge in [-0.2, -0.15) is 22.0 Å². The highest BCUT2D eigenvalue weighted by atomic mass is 19.4. The second-order valence-corrected chi connectivity index (χ2v) is 9.49. The van der Waals surface area contributed by atoms with Gasteiger partial charge in [-0.15, -0.1) is 0 Å². The van der Waals surface area contributed by atoms with E-state index in [1.54, 1.807) is 0 Å². The summed E-state index contributed by atoms with van der Waals surface area (Å²) >= 11 is 0. The SMILES string of the molecule is CCCc1ccc(-c2cc(F)c(C(F)(F)Oc3cc(F)c(-c4cc(F)c(/C=C/C(F)(F)F)c(F)c4)c(F)c3)c(F)c2)c(F)c1. The van der Waals surface area contributed by atoms with E-state index in [2.05, 4.69) is 4.74 Å². The second-order valence-electron chi connectivity index (χ2n) is 9.49. The summed E-state index contributed by atoms with van der Waals surface area (Å²) in [6, 6.07) is 5.59. The molecule has 4 aromatic carbocycles. The third-order valence-corrected chi connectivity index (χ3v) is 6.28. The lowest BCUT2D eigenvalue weighted by Gasteiger charge is -2.20. The third-order valence-electron chi connectivity index (χ3n) is 6.28. The maximum Gasteiger partial charge on any atom is 0.432 e. The van der Waals surface area contributed by atoms with Gasteiger partial charge in [0.1, 0.15) is 52.0 Å². The van der Waals surface area contributed by atoms with E-state index in [1.807, 2.05) is 6.92 Å². The van der Waals surface area contributed by atoms with Crippen LogP contribution in [-0.4, -0.2) is 6.18 Å². The van der Waals surface area contributed by atoms with E-state index in [-0.39, 0.29) is 23.8 Å². The first-order valence-corrected chi connectivity index (χ1v) is 12.6.